The van der Waals surface area contributed by atoms with Crippen molar-refractivity contribution in [1.29, 1.82) is 0 Å². The Morgan fingerprint density at radius 2 is 2.12 bits per heavy atom. The highest BCUT2D eigenvalue weighted by atomic mass is 79.9. The molecule has 0 atom stereocenters. The van der Waals surface area contributed by atoms with Gasteiger partial charge in [0.05, 0.1) is 17.8 Å². The minimum absolute atomic E-state index is 0.0343. The number of pyridine rings is 1. The number of phenolic OH excluding ortho intramolecular Hbond substituents is 1. The van der Waals surface area contributed by atoms with E-state index in [1.807, 2.05) is 12.1 Å². The summed E-state index contributed by atoms with van der Waals surface area (Å²) >= 11 is 8.50. The van der Waals surface area contributed by atoms with Gasteiger partial charge in [0.1, 0.15) is 0 Å². The van der Waals surface area contributed by atoms with Crippen LogP contribution in [-0.2, 0) is 0 Å². The van der Waals surface area contributed by atoms with Gasteiger partial charge in [-0.15, -0.1) is 0 Å². The van der Waals surface area contributed by atoms with Crippen LogP contribution in [0.1, 0.15) is 5.56 Å². The van der Waals surface area contributed by atoms with Crippen LogP contribution in [0, 0.1) is 4.77 Å². The van der Waals surface area contributed by atoms with Gasteiger partial charge in [-0.25, -0.2) is 5.10 Å². The molecule has 0 amide bonds. The Labute approximate surface area is 150 Å². The van der Waals surface area contributed by atoms with Crippen LogP contribution in [0.4, 0.5) is 0 Å². The van der Waals surface area contributed by atoms with E-state index in [-0.39, 0.29) is 5.75 Å². The third-order valence-electron chi connectivity index (χ3n) is 3.18. The lowest BCUT2D eigenvalue weighted by Crippen LogP contribution is -1.96. The minimum atomic E-state index is 0.0343. The molecule has 2 aromatic heterocycles. The van der Waals surface area contributed by atoms with Crippen LogP contribution in [0.5, 0.6) is 11.5 Å². The molecule has 0 saturated heterocycles. The molecule has 2 N–H and O–H groups in total. The Hall–Kier alpha value is -2.52. The van der Waals surface area contributed by atoms with E-state index in [4.69, 9.17) is 17.0 Å². The summed E-state index contributed by atoms with van der Waals surface area (Å²) in [5.41, 5.74) is 1.55. The summed E-state index contributed by atoms with van der Waals surface area (Å²) in [6.45, 7) is 0. The molecule has 122 valence electrons. The SMILES string of the molecule is COc1cc(C=Nn2c(-c3ccncc3)n[nH]c2=S)cc(Br)c1O. The summed E-state index contributed by atoms with van der Waals surface area (Å²) in [4.78, 5) is 3.98. The molecular weight excluding hydrogens is 394 g/mol. The van der Waals surface area contributed by atoms with E-state index in [0.717, 1.165) is 11.1 Å². The summed E-state index contributed by atoms with van der Waals surface area (Å²) < 4.78 is 7.51. The van der Waals surface area contributed by atoms with Gasteiger partial charge in [-0.2, -0.15) is 14.9 Å². The average Bonchev–Trinajstić information content (AvgIpc) is 2.97. The molecule has 3 rings (SSSR count). The monoisotopic (exact) mass is 405 g/mol. The van der Waals surface area contributed by atoms with Crippen LogP contribution in [0.3, 0.4) is 0 Å². The molecule has 0 aliphatic heterocycles. The van der Waals surface area contributed by atoms with Crippen molar-refractivity contribution in [2.75, 3.05) is 7.11 Å². The molecule has 0 saturated carbocycles. The molecular formula is C15H12BrN5O2S. The molecule has 9 heteroatoms. The van der Waals surface area contributed by atoms with E-state index in [0.29, 0.717) is 20.8 Å². The standard InChI is InChI=1S/C15H12BrN5O2S/c1-23-12-7-9(6-11(16)13(12)22)8-18-21-14(19-20-15(21)24)10-2-4-17-5-3-10/h2-8,22H,1H3,(H,20,24). The first kappa shape index (κ1) is 16.3. The van der Waals surface area contributed by atoms with Crippen molar-refractivity contribution in [3.63, 3.8) is 0 Å². The third-order valence-corrected chi connectivity index (χ3v) is 4.05. The van der Waals surface area contributed by atoms with Crippen LogP contribution in [0.25, 0.3) is 11.4 Å². The first-order chi connectivity index (χ1) is 11.6. The fraction of sp³-hybridized carbons (Fsp3) is 0.0667. The predicted molar refractivity (Wildman–Crippen MR) is 96.0 cm³/mol. The van der Waals surface area contributed by atoms with Crippen molar-refractivity contribution in [3.8, 4) is 22.9 Å². The lowest BCUT2D eigenvalue weighted by atomic mass is 10.2. The van der Waals surface area contributed by atoms with Gasteiger partial charge in [0.15, 0.2) is 17.3 Å². The zero-order valence-electron chi connectivity index (χ0n) is 12.5. The second kappa shape index (κ2) is 6.93. The smallest absolute Gasteiger partial charge is 0.216 e. The fourth-order valence-corrected chi connectivity index (χ4v) is 2.67. The number of rotatable bonds is 4. The van der Waals surface area contributed by atoms with Gasteiger partial charge < -0.3 is 9.84 Å². The number of H-pyrrole nitrogens is 1. The van der Waals surface area contributed by atoms with Crippen LogP contribution >= 0.6 is 28.1 Å². The maximum Gasteiger partial charge on any atom is 0.216 e. The Morgan fingerprint density at radius 1 is 1.38 bits per heavy atom. The number of aromatic hydroxyl groups is 1. The van der Waals surface area contributed by atoms with Gasteiger partial charge in [0.25, 0.3) is 0 Å². The molecule has 3 aromatic rings. The first-order valence-corrected chi connectivity index (χ1v) is 7.99. The van der Waals surface area contributed by atoms with E-state index in [1.165, 1.54) is 11.8 Å². The number of nitrogens with zero attached hydrogens (tertiary/aromatic N) is 4. The van der Waals surface area contributed by atoms with Crippen LogP contribution in [-0.4, -0.2) is 38.3 Å². The summed E-state index contributed by atoms with van der Waals surface area (Å²) in [7, 11) is 1.48. The van der Waals surface area contributed by atoms with Crippen molar-refractivity contribution in [2.45, 2.75) is 0 Å². The Kier molecular flexibility index (Phi) is 4.72. The second-order valence-corrected chi connectivity index (χ2v) is 5.94. The number of aromatic nitrogens is 4. The first-order valence-electron chi connectivity index (χ1n) is 6.79. The normalized spacial score (nSPS) is 11.1. The Bertz CT molecular complexity index is 952. The highest BCUT2D eigenvalue weighted by Gasteiger charge is 2.09. The summed E-state index contributed by atoms with van der Waals surface area (Å²) in [6.07, 6.45) is 4.94. The van der Waals surface area contributed by atoms with Crippen LogP contribution < -0.4 is 4.74 Å². The summed E-state index contributed by atoms with van der Waals surface area (Å²) in [5, 5.41) is 21.1. The van der Waals surface area contributed by atoms with Gasteiger partial charge in [-0.3, -0.25) is 4.98 Å². The molecule has 0 aliphatic rings. The maximum absolute atomic E-state index is 9.85. The number of benzene rings is 1. The van der Waals surface area contributed by atoms with Crippen LogP contribution in [0.15, 0.2) is 46.2 Å². The number of nitrogens with one attached hydrogen (secondary N) is 1. The molecule has 0 aliphatic carbocycles. The number of halogens is 1. The molecule has 0 bridgehead atoms. The molecule has 2 heterocycles. The molecule has 0 fully saturated rings. The molecule has 0 unspecified atom stereocenters. The topological polar surface area (TPSA) is 88.3 Å². The van der Waals surface area contributed by atoms with E-state index in [1.54, 1.807) is 30.7 Å². The largest absolute Gasteiger partial charge is 0.503 e. The zero-order valence-corrected chi connectivity index (χ0v) is 14.9. The lowest BCUT2D eigenvalue weighted by Gasteiger charge is -2.06. The Balaban J connectivity index is 2.01. The summed E-state index contributed by atoms with van der Waals surface area (Å²) in [5.74, 6) is 0.950. The van der Waals surface area contributed by atoms with Crippen molar-refractivity contribution in [3.05, 3.63) is 51.5 Å². The molecule has 0 spiro atoms. The van der Waals surface area contributed by atoms with Crippen molar-refractivity contribution in [2.24, 2.45) is 5.10 Å². The number of hydrogen-bond acceptors (Lipinski definition) is 6. The number of phenols is 1. The van der Waals surface area contributed by atoms with E-state index in [2.05, 4.69) is 36.2 Å². The quantitative estimate of drug-likeness (QED) is 0.513. The van der Waals surface area contributed by atoms with E-state index >= 15 is 0 Å². The van der Waals surface area contributed by atoms with Gasteiger partial charge >= 0.3 is 0 Å². The van der Waals surface area contributed by atoms with Crippen molar-refractivity contribution < 1.29 is 9.84 Å². The molecule has 1 aromatic carbocycles. The second-order valence-electron chi connectivity index (χ2n) is 4.70. The van der Waals surface area contributed by atoms with Crippen molar-refractivity contribution >= 4 is 34.4 Å². The fourth-order valence-electron chi connectivity index (χ4n) is 2.03. The van der Waals surface area contributed by atoms with Gasteiger partial charge in [0.2, 0.25) is 4.77 Å². The lowest BCUT2D eigenvalue weighted by molar-refractivity contribution is 0.372. The number of hydrogen-bond donors (Lipinski definition) is 2. The highest BCUT2D eigenvalue weighted by Crippen LogP contribution is 2.34. The number of aromatic amines is 1. The third kappa shape index (κ3) is 3.22. The Morgan fingerprint density at radius 3 is 2.83 bits per heavy atom. The molecule has 7 nitrogen and oxygen atoms in total. The molecule has 0 radical (unpaired) electrons. The van der Waals surface area contributed by atoms with E-state index in [9.17, 15) is 5.11 Å². The molecule has 24 heavy (non-hydrogen) atoms. The highest BCUT2D eigenvalue weighted by molar-refractivity contribution is 9.10. The van der Waals surface area contributed by atoms with Gasteiger partial charge in [-0.05, 0) is 58.0 Å². The zero-order chi connectivity index (χ0) is 17.1. The maximum atomic E-state index is 9.85. The van der Waals surface area contributed by atoms with Gasteiger partial charge in [-0.1, -0.05) is 0 Å². The van der Waals surface area contributed by atoms with Crippen LogP contribution in [0.2, 0.25) is 0 Å². The number of ether oxygens (including phenoxy) is 1. The average molecular weight is 406 g/mol. The van der Waals surface area contributed by atoms with Crippen molar-refractivity contribution in [1.82, 2.24) is 19.9 Å². The number of methoxy groups -OCH3 is 1. The van der Waals surface area contributed by atoms with Gasteiger partial charge in [0, 0.05) is 18.0 Å². The van der Waals surface area contributed by atoms with E-state index < -0.39 is 0 Å². The summed E-state index contributed by atoms with van der Waals surface area (Å²) in [6, 6.07) is 7.02. The predicted octanol–water partition coefficient (Wildman–Crippen LogP) is 3.36. The minimum Gasteiger partial charge on any atom is -0.503 e.